The predicted molar refractivity (Wildman–Crippen MR) is 72.8 cm³/mol. The summed E-state index contributed by atoms with van der Waals surface area (Å²) in [6, 6.07) is 10.6. The smallest absolute Gasteiger partial charge is 0.132 e. The minimum Gasteiger partial charge on any atom is -0.370 e. The van der Waals surface area contributed by atoms with Crippen molar-refractivity contribution in [2.75, 3.05) is 17.2 Å². The van der Waals surface area contributed by atoms with Crippen molar-refractivity contribution in [3.05, 3.63) is 47.8 Å². The fourth-order valence-corrected chi connectivity index (χ4v) is 1.66. The molecule has 0 fully saturated rings. The number of anilines is 3. The van der Waals surface area contributed by atoms with Gasteiger partial charge in [0.15, 0.2) is 0 Å². The van der Waals surface area contributed by atoms with Crippen LogP contribution in [0.25, 0.3) is 0 Å². The van der Waals surface area contributed by atoms with Gasteiger partial charge in [0.05, 0.1) is 0 Å². The van der Waals surface area contributed by atoms with Gasteiger partial charge in [-0.15, -0.1) is 0 Å². The lowest BCUT2D eigenvalue weighted by molar-refractivity contribution is 0.619. The Morgan fingerprint density at radius 2 is 1.83 bits per heavy atom. The van der Waals surface area contributed by atoms with E-state index in [1.54, 1.807) is 13.0 Å². The highest BCUT2D eigenvalue weighted by Gasteiger charge is 2.04. The van der Waals surface area contributed by atoms with Crippen molar-refractivity contribution < 1.29 is 4.39 Å². The van der Waals surface area contributed by atoms with Crippen LogP contribution in [0, 0.1) is 12.7 Å². The van der Waals surface area contributed by atoms with Crippen molar-refractivity contribution >= 4 is 17.3 Å². The Hall–Kier alpha value is -2.10. The number of hydrogen-bond donors (Lipinski definition) is 2. The van der Waals surface area contributed by atoms with Gasteiger partial charge >= 0.3 is 0 Å². The van der Waals surface area contributed by atoms with Crippen LogP contribution < -0.4 is 10.6 Å². The van der Waals surface area contributed by atoms with Crippen LogP contribution >= 0.6 is 0 Å². The third kappa shape index (κ3) is 2.77. The number of hydrogen-bond acceptors (Lipinski definition) is 3. The number of nitrogens with zero attached hydrogens (tertiary/aromatic N) is 1. The van der Waals surface area contributed by atoms with Gasteiger partial charge in [-0.2, -0.15) is 0 Å². The molecule has 2 N–H and O–H groups in total. The van der Waals surface area contributed by atoms with Crippen LogP contribution in [0.5, 0.6) is 0 Å². The Bertz CT molecular complexity index is 540. The molecule has 0 amide bonds. The topological polar surface area (TPSA) is 37.0 Å². The van der Waals surface area contributed by atoms with E-state index in [9.17, 15) is 4.39 Å². The minimum atomic E-state index is -0.220. The minimum absolute atomic E-state index is 0.220. The molecule has 0 bridgehead atoms. The van der Waals surface area contributed by atoms with E-state index in [2.05, 4.69) is 15.6 Å². The molecule has 2 rings (SSSR count). The van der Waals surface area contributed by atoms with Crippen LogP contribution in [0.1, 0.15) is 12.5 Å². The first-order valence-electron chi connectivity index (χ1n) is 5.93. The maximum absolute atomic E-state index is 13.4. The lowest BCUT2D eigenvalue weighted by atomic mass is 10.2. The summed E-state index contributed by atoms with van der Waals surface area (Å²) in [7, 11) is 0. The standard InChI is InChI=1S/C14H16FN3/c1-3-16-13-8-5-9-14(18-13)17-12-7-4-6-11(15)10(12)2/h4-9H,3H2,1-2H3,(H2,16,17,18). The van der Waals surface area contributed by atoms with Crippen molar-refractivity contribution in [2.45, 2.75) is 13.8 Å². The van der Waals surface area contributed by atoms with Crippen molar-refractivity contribution in [1.29, 1.82) is 0 Å². The van der Waals surface area contributed by atoms with Crippen LogP contribution in [0.3, 0.4) is 0 Å². The summed E-state index contributed by atoms with van der Waals surface area (Å²) in [5, 5.41) is 6.26. The Morgan fingerprint density at radius 1 is 1.11 bits per heavy atom. The molecule has 0 saturated carbocycles. The first-order valence-corrected chi connectivity index (χ1v) is 5.93. The fourth-order valence-electron chi connectivity index (χ4n) is 1.66. The second kappa shape index (κ2) is 5.49. The molecule has 1 aromatic carbocycles. The molecule has 0 aliphatic heterocycles. The van der Waals surface area contributed by atoms with Gasteiger partial charge in [0.1, 0.15) is 17.5 Å². The van der Waals surface area contributed by atoms with Gasteiger partial charge < -0.3 is 10.6 Å². The van der Waals surface area contributed by atoms with E-state index in [1.807, 2.05) is 31.2 Å². The summed E-state index contributed by atoms with van der Waals surface area (Å²) in [4.78, 5) is 4.38. The number of benzene rings is 1. The zero-order valence-corrected chi connectivity index (χ0v) is 10.5. The van der Waals surface area contributed by atoms with Crippen LogP contribution in [-0.2, 0) is 0 Å². The largest absolute Gasteiger partial charge is 0.370 e. The van der Waals surface area contributed by atoms with E-state index in [0.717, 1.165) is 18.1 Å². The highest BCUT2D eigenvalue weighted by molar-refractivity contribution is 5.61. The van der Waals surface area contributed by atoms with E-state index in [1.165, 1.54) is 6.07 Å². The first-order chi connectivity index (χ1) is 8.70. The van der Waals surface area contributed by atoms with Gasteiger partial charge in [-0.05, 0) is 38.1 Å². The molecule has 18 heavy (non-hydrogen) atoms. The molecule has 1 heterocycles. The lowest BCUT2D eigenvalue weighted by Crippen LogP contribution is -2.02. The Kier molecular flexibility index (Phi) is 3.77. The zero-order chi connectivity index (χ0) is 13.0. The number of aromatic nitrogens is 1. The first kappa shape index (κ1) is 12.4. The van der Waals surface area contributed by atoms with E-state index in [-0.39, 0.29) is 5.82 Å². The molecule has 0 atom stereocenters. The van der Waals surface area contributed by atoms with Gasteiger partial charge in [-0.3, -0.25) is 0 Å². The third-order valence-electron chi connectivity index (χ3n) is 2.64. The molecule has 1 aromatic heterocycles. The molecule has 2 aromatic rings. The van der Waals surface area contributed by atoms with E-state index in [4.69, 9.17) is 0 Å². The van der Waals surface area contributed by atoms with Gasteiger partial charge in [-0.1, -0.05) is 12.1 Å². The highest BCUT2D eigenvalue weighted by atomic mass is 19.1. The van der Waals surface area contributed by atoms with Crippen molar-refractivity contribution in [2.24, 2.45) is 0 Å². The molecule has 0 saturated heterocycles. The van der Waals surface area contributed by atoms with Crippen molar-refractivity contribution in [3.8, 4) is 0 Å². The average Bonchev–Trinajstić information content (AvgIpc) is 2.36. The summed E-state index contributed by atoms with van der Waals surface area (Å²) >= 11 is 0. The van der Waals surface area contributed by atoms with Crippen molar-refractivity contribution in [3.63, 3.8) is 0 Å². The Morgan fingerprint density at radius 3 is 2.61 bits per heavy atom. The van der Waals surface area contributed by atoms with Gasteiger partial charge in [0.2, 0.25) is 0 Å². The van der Waals surface area contributed by atoms with Crippen LogP contribution in [0.15, 0.2) is 36.4 Å². The summed E-state index contributed by atoms with van der Waals surface area (Å²) < 4.78 is 13.4. The second-order valence-corrected chi connectivity index (χ2v) is 3.98. The summed E-state index contributed by atoms with van der Waals surface area (Å²) in [6.45, 7) is 4.57. The fraction of sp³-hybridized carbons (Fsp3) is 0.214. The molecule has 0 radical (unpaired) electrons. The average molecular weight is 245 g/mol. The number of nitrogens with one attached hydrogen (secondary N) is 2. The molecular formula is C14H16FN3. The van der Waals surface area contributed by atoms with Crippen LogP contribution in [0.2, 0.25) is 0 Å². The van der Waals surface area contributed by atoms with E-state index >= 15 is 0 Å². The monoisotopic (exact) mass is 245 g/mol. The third-order valence-corrected chi connectivity index (χ3v) is 2.64. The summed E-state index contributed by atoms with van der Waals surface area (Å²) in [5.74, 6) is 1.28. The normalized spacial score (nSPS) is 10.2. The van der Waals surface area contributed by atoms with E-state index < -0.39 is 0 Å². The number of rotatable bonds is 4. The van der Waals surface area contributed by atoms with Crippen LogP contribution in [-0.4, -0.2) is 11.5 Å². The molecule has 0 spiro atoms. The van der Waals surface area contributed by atoms with Crippen LogP contribution in [0.4, 0.5) is 21.7 Å². The molecule has 0 aliphatic carbocycles. The highest BCUT2D eigenvalue weighted by Crippen LogP contribution is 2.21. The maximum Gasteiger partial charge on any atom is 0.132 e. The number of pyridine rings is 1. The summed E-state index contributed by atoms with van der Waals surface area (Å²) in [5.41, 5.74) is 1.32. The second-order valence-electron chi connectivity index (χ2n) is 3.98. The van der Waals surface area contributed by atoms with Gasteiger partial charge in [0, 0.05) is 17.8 Å². The predicted octanol–water partition coefficient (Wildman–Crippen LogP) is 3.70. The molecule has 4 heteroatoms. The quantitative estimate of drug-likeness (QED) is 0.862. The molecule has 94 valence electrons. The molecule has 0 aliphatic rings. The van der Waals surface area contributed by atoms with Gasteiger partial charge in [0.25, 0.3) is 0 Å². The zero-order valence-electron chi connectivity index (χ0n) is 10.5. The maximum atomic E-state index is 13.4. The van der Waals surface area contributed by atoms with Gasteiger partial charge in [-0.25, -0.2) is 9.37 Å². The van der Waals surface area contributed by atoms with Crippen molar-refractivity contribution in [1.82, 2.24) is 4.98 Å². The summed E-state index contributed by atoms with van der Waals surface area (Å²) in [6.07, 6.45) is 0. The molecule has 0 unspecified atom stereocenters. The molecule has 3 nitrogen and oxygen atoms in total. The SMILES string of the molecule is CCNc1cccc(Nc2cccc(F)c2C)n1. The van der Waals surface area contributed by atoms with E-state index in [0.29, 0.717) is 11.4 Å². The Balaban J connectivity index is 2.23. The lowest BCUT2D eigenvalue weighted by Gasteiger charge is -2.10. The molecular weight excluding hydrogens is 229 g/mol. The number of halogens is 1. The Labute approximate surface area is 106 Å².